The molecule has 0 aliphatic heterocycles. The number of amides is 1. The molecule has 0 heterocycles. The number of alkyl carbamates (subject to hydrolysis) is 1. The predicted octanol–water partition coefficient (Wildman–Crippen LogP) is 4.71. The molecule has 0 rings (SSSR count). The molecule has 2 atom stereocenters. The monoisotopic (exact) mass is 407 g/mol. The molecule has 0 aliphatic carbocycles. The standard InChI is InChI=1S/C12H23NO3.C8H18O2S/c1-7-9(10(14)8(2)3)13-11(15)16-12(4,5)6;1-7(2)8(6-11-4)5-10-9-3/h8-9H,7H2,1-6H3,(H,13,15);7-8H,5-6H2,1-4H3. The molecule has 1 N–H and O–H groups in total. The van der Waals surface area contributed by atoms with Crippen LogP contribution in [0.15, 0.2) is 0 Å². The highest BCUT2D eigenvalue weighted by Gasteiger charge is 2.24. The summed E-state index contributed by atoms with van der Waals surface area (Å²) in [7, 11) is 1.55. The molecule has 6 nitrogen and oxygen atoms in total. The van der Waals surface area contributed by atoms with Crippen molar-refractivity contribution in [3.8, 4) is 0 Å². The first kappa shape index (κ1) is 28.4. The lowest BCUT2D eigenvalue weighted by molar-refractivity contribution is -0.280. The Morgan fingerprint density at radius 1 is 1.11 bits per heavy atom. The minimum Gasteiger partial charge on any atom is -0.444 e. The highest BCUT2D eigenvalue weighted by Crippen LogP contribution is 2.15. The molecular weight excluding hydrogens is 366 g/mol. The number of ketones is 1. The zero-order valence-electron chi connectivity index (χ0n) is 18.9. The van der Waals surface area contributed by atoms with E-state index < -0.39 is 17.7 Å². The summed E-state index contributed by atoms with van der Waals surface area (Å²) in [6, 6.07) is -0.449. The Bertz CT molecular complexity index is 408. The maximum Gasteiger partial charge on any atom is 0.408 e. The third kappa shape index (κ3) is 15.9. The van der Waals surface area contributed by atoms with Crippen LogP contribution in [0.25, 0.3) is 0 Å². The van der Waals surface area contributed by atoms with Crippen molar-refractivity contribution in [3.05, 3.63) is 0 Å². The van der Waals surface area contributed by atoms with Crippen molar-refractivity contribution < 1.29 is 24.1 Å². The van der Waals surface area contributed by atoms with E-state index in [0.717, 1.165) is 5.75 Å². The molecule has 0 aromatic rings. The first-order valence-corrected chi connectivity index (χ1v) is 11.0. The quantitative estimate of drug-likeness (QED) is 0.417. The Labute approximate surface area is 170 Å². The fourth-order valence-electron chi connectivity index (χ4n) is 2.03. The normalized spacial score (nSPS) is 13.6. The molecule has 2 unspecified atom stereocenters. The summed E-state index contributed by atoms with van der Waals surface area (Å²) >= 11 is 1.85. The average molecular weight is 408 g/mol. The Kier molecular flexibility index (Phi) is 16.0. The lowest BCUT2D eigenvalue weighted by atomic mass is 9.99. The van der Waals surface area contributed by atoms with Gasteiger partial charge in [-0.05, 0) is 51.0 Å². The van der Waals surface area contributed by atoms with Gasteiger partial charge in [0.2, 0.25) is 0 Å². The van der Waals surface area contributed by atoms with Crippen LogP contribution in [0, 0.1) is 17.8 Å². The van der Waals surface area contributed by atoms with Gasteiger partial charge in [0.1, 0.15) is 5.60 Å². The van der Waals surface area contributed by atoms with Gasteiger partial charge in [0.05, 0.1) is 19.8 Å². The van der Waals surface area contributed by atoms with Gasteiger partial charge >= 0.3 is 6.09 Å². The van der Waals surface area contributed by atoms with Gasteiger partial charge in [0, 0.05) is 5.92 Å². The summed E-state index contributed by atoms with van der Waals surface area (Å²) in [4.78, 5) is 32.6. The molecule has 162 valence electrons. The van der Waals surface area contributed by atoms with E-state index in [9.17, 15) is 9.59 Å². The molecule has 0 fully saturated rings. The van der Waals surface area contributed by atoms with Crippen molar-refractivity contribution in [1.82, 2.24) is 5.32 Å². The Morgan fingerprint density at radius 3 is 2.00 bits per heavy atom. The number of rotatable bonds is 10. The molecule has 0 aromatic carbocycles. The molecule has 0 aromatic heterocycles. The van der Waals surface area contributed by atoms with E-state index in [1.165, 1.54) is 0 Å². The van der Waals surface area contributed by atoms with Crippen molar-refractivity contribution >= 4 is 23.6 Å². The second-order valence-electron chi connectivity index (χ2n) is 8.07. The van der Waals surface area contributed by atoms with Gasteiger partial charge in [-0.2, -0.15) is 11.8 Å². The molecular formula is C20H41NO5S. The number of ether oxygens (including phenoxy) is 1. The first-order valence-electron chi connectivity index (χ1n) is 9.57. The summed E-state index contributed by atoms with van der Waals surface area (Å²) in [5.74, 6) is 2.36. The minimum atomic E-state index is -0.538. The molecule has 7 heteroatoms. The van der Waals surface area contributed by atoms with Crippen LogP contribution in [0.1, 0.15) is 61.8 Å². The van der Waals surface area contributed by atoms with Crippen molar-refractivity contribution in [2.24, 2.45) is 17.8 Å². The van der Waals surface area contributed by atoms with Crippen LogP contribution < -0.4 is 5.32 Å². The molecule has 0 saturated carbocycles. The van der Waals surface area contributed by atoms with Gasteiger partial charge in [0.25, 0.3) is 0 Å². The van der Waals surface area contributed by atoms with Crippen LogP contribution in [0.4, 0.5) is 4.79 Å². The third-order valence-electron chi connectivity index (χ3n) is 3.74. The highest BCUT2D eigenvalue weighted by atomic mass is 32.2. The van der Waals surface area contributed by atoms with E-state index in [1.807, 2.05) is 32.5 Å². The highest BCUT2D eigenvalue weighted by molar-refractivity contribution is 7.98. The molecule has 0 bridgehead atoms. The van der Waals surface area contributed by atoms with Crippen molar-refractivity contribution in [3.63, 3.8) is 0 Å². The Balaban J connectivity index is 0. The average Bonchev–Trinajstić information content (AvgIpc) is 2.54. The number of hydrogen-bond donors (Lipinski definition) is 1. The number of thioether (sulfide) groups is 1. The molecule has 0 spiro atoms. The Hall–Kier alpha value is -0.790. The summed E-state index contributed by atoms with van der Waals surface area (Å²) < 4.78 is 5.10. The molecule has 0 saturated heterocycles. The third-order valence-corrected chi connectivity index (χ3v) is 4.50. The topological polar surface area (TPSA) is 73.9 Å². The predicted molar refractivity (Wildman–Crippen MR) is 113 cm³/mol. The molecule has 0 radical (unpaired) electrons. The van der Waals surface area contributed by atoms with Gasteiger partial charge in [-0.15, -0.1) is 0 Å². The van der Waals surface area contributed by atoms with E-state index in [1.54, 1.807) is 27.9 Å². The van der Waals surface area contributed by atoms with Crippen LogP contribution in [0.5, 0.6) is 0 Å². The van der Waals surface area contributed by atoms with E-state index in [4.69, 9.17) is 9.62 Å². The van der Waals surface area contributed by atoms with Crippen molar-refractivity contribution in [1.29, 1.82) is 0 Å². The van der Waals surface area contributed by atoms with Gasteiger partial charge in [0.15, 0.2) is 5.78 Å². The number of carbonyl (C=O) groups excluding carboxylic acids is 2. The summed E-state index contributed by atoms with van der Waals surface area (Å²) in [6.45, 7) is 16.0. The maximum absolute atomic E-state index is 11.7. The van der Waals surface area contributed by atoms with Gasteiger partial charge in [-0.25, -0.2) is 14.6 Å². The zero-order chi connectivity index (χ0) is 21.6. The van der Waals surface area contributed by atoms with Crippen LogP contribution >= 0.6 is 11.8 Å². The number of hydrogen-bond acceptors (Lipinski definition) is 6. The first-order chi connectivity index (χ1) is 12.4. The number of Topliss-reactive ketones (excluding diaryl/α,β-unsaturated/α-hetero) is 1. The second kappa shape index (κ2) is 15.2. The smallest absolute Gasteiger partial charge is 0.408 e. The van der Waals surface area contributed by atoms with Crippen LogP contribution in [0.2, 0.25) is 0 Å². The summed E-state index contributed by atoms with van der Waals surface area (Å²) in [5, 5.41) is 2.59. The summed E-state index contributed by atoms with van der Waals surface area (Å²) in [6.07, 6.45) is 2.16. The number of nitrogens with one attached hydrogen (secondary N) is 1. The van der Waals surface area contributed by atoms with Crippen molar-refractivity contribution in [2.75, 3.05) is 25.7 Å². The van der Waals surface area contributed by atoms with Gasteiger partial charge < -0.3 is 10.1 Å². The van der Waals surface area contributed by atoms with Crippen LogP contribution in [-0.4, -0.2) is 49.2 Å². The largest absolute Gasteiger partial charge is 0.444 e. The fraction of sp³-hybridized carbons (Fsp3) is 0.900. The number of carbonyl (C=O) groups is 2. The second-order valence-corrected chi connectivity index (χ2v) is 8.99. The maximum atomic E-state index is 11.7. The lowest BCUT2D eigenvalue weighted by Gasteiger charge is -2.23. The SMILES string of the molecule is CCC(NC(=O)OC(C)(C)C)C(=O)C(C)C.COOCC(CSC)C(C)C. The lowest BCUT2D eigenvalue weighted by Crippen LogP contribution is -2.44. The molecule has 1 amide bonds. The molecule has 0 aliphatic rings. The van der Waals surface area contributed by atoms with E-state index in [-0.39, 0.29) is 11.7 Å². The van der Waals surface area contributed by atoms with E-state index in [0.29, 0.717) is 24.9 Å². The van der Waals surface area contributed by atoms with Crippen molar-refractivity contribution in [2.45, 2.75) is 73.5 Å². The summed E-state index contributed by atoms with van der Waals surface area (Å²) in [5.41, 5.74) is -0.538. The fourth-order valence-corrected chi connectivity index (χ4v) is 2.94. The van der Waals surface area contributed by atoms with E-state index in [2.05, 4.69) is 30.3 Å². The zero-order valence-corrected chi connectivity index (χ0v) is 19.7. The van der Waals surface area contributed by atoms with Gasteiger partial charge in [-0.1, -0.05) is 34.6 Å². The van der Waals surface area contributed by atoms with Crippen LogP contribution in [-0.2, 0) is 19.3 Å². The minimum absolute atomic E-state index is 0.0355. The Morgan fingerprint density at radius 2 is 1.67 bits per heavy atom. The van der Waals surface area contributed by atoms with E-state index >= 15 is 0 Å². The molecule has 27 heavy (non-hydrogen) atoms. The van der Waals surface area contributed by atoms with Crippen LogP contribution in [0.3, 0.4) is 0 Å². The van der Waals surface area contributed by atoms with Gasteiger partial charge in [-0.3, -0.25) is 4.79 Å².